The lowest BCUT2D eigenvalue weighted by Gasteiger charge is -2.36. The number of piperidine rings is 1. The molecule has 0 aromatic heterocycles. The Morgan fingerprint density at radius 1 is 1.22 bits per heavy atom. The van der Waals surface area contributed by atoms with Crippen molar-refractivity contribution < 1.29 is 13.2 Å². The predicted molar refractivity (Wildman–Crippen MR) is 68.6 cm³/mol. The highest BCUT2D eigenvalue weighted by Crippen LogP contribution is 2.15. The first-order valence-electron chi connectivity index (χ1n) is 6.43. The topological polar surface area (TPSA) is 69.7 Å². The molecule has 18 heavy (non-hydrogen) atoms. The lowest BCUT2D eigenvalue weighted by Crippen LogP contribution is -2.53. The van der Waals surface area contributed by atoms with Crippen LogP contribution in [0.15, 0.2) is 0 Å². The summed E-state index contributed by atoms with van der Waals surface area (Å²) in [6.45, 7) is 3.62. The van der Waals surface area contributed by atoms with E-state index < -0.39 is 10.0 Å². The maximum atomic E-state index is 12.2. The first-order valence-corrected chi connectivity index (χ1v) is 8.28. The summed E-state index contributed by atoms with van der Waals surface area (Å²) in [5, 5.41) is 3.23. The highest BCUT2D eigenvalue weighted by atomic mass is 32.2. The van der Waals surface area contributed by atoms with Gasteiger partial charge in [-0.15, -0.1) is 0 Å². The highest BCUT2D eigenvalue weighted by Gasteiger charge is 2.30. The maximum Gasteiger partial charge on any atom is 0.227 e. The van der Waals surface area contributed by atoms with Crippen molar-refractivity contribution in [3.63, 3.8) is 0 Å². The van der Waals surface area contributed by atoms with E-state index >= 15 is 0 Å². The van der Waals surface area contributed by atoms with Gasteiger partial charge in [0.1, 0.15) is 0 Å². The van der Waals surface area contributed by atoms with Gasteiger partial charge in [0, 0.05) is 32.7 Å². The minimum Gasteiger partial charge on any atom is -0.340 e. The number of hydrogen-bond acceptors (Lipinski definition) is 4. The first-order chi connectivity index (χ1) is 8.48. The van der Waals surface area contributed by atoms with Crippen molar-refractivity contribution >= 4 is 15.9 Å². The molecule has 0 aliphatic carbocycles. The molecular weight excluding hydrogens is 254 g/mol. The molecule has 2 rings (SSSR count). The highest BCUT2D eigenvalue weighted by molar-refractivity contribution is 7.88. The number of amides is 1. The van der Waals surface area contributed by atoms with Gasteiger partial charge in [-0.1, -0.05) is 0 Å². The quantitative estimate of drug-likeness (QED) is 0.708. The molecule has 2 aliphatic rings. The number of sulfonamides is 1. The van der Waals surface area contributed by atoms with Crippen molar-refractivity contribution in [2.75, 3.05) is 45.5 Å². The molecule has 0 aromatic rings. The van der Waals surface area contributed by atoms with Crippen LogP contribution in [0.1, 0.15) is 12.8 Å². The molecule has 1 atom stereocenters. The number of hydrogen-bond donors (Lipinski definition) is 1. The lowest BCUT2D eigenvalue weighted by molar-refractivity contribution is -0.137. The Kier molecular flexibility index (Phi) is 4.24. The summed E-state index contributed by atoms with van der Waals surface area (Å²) in [6.07, 6.45) is 3.20. The van der Waals surface area contributed by atoms with Crippen LogP contribution in [-0.4, -0.2) is 69.1 Å². The van der Waals surface area contributed by atoms with Gasteiger partial charge < -0.3 is 10.2 Å². The van der Waals surface area contributed by atoms with Crippen LogP contribution >= 0.6 is 0 Å². The summed E-state index contributed by atoms with van der Waals surface area (Å²) in [5.74, 6) is 0.249. The van der Waals surface area contributed by atoms with Crippen molar-refractivity contribution in [1.29, 1.82) is 0 Å². The molecule has 6 nitrogen and oxygen atoms in total. The molecule has 2 aliphatic heterocycles. The zero-order chi connectivity index (χ0) is 13.2. The van der Waals surface area contributed by atoms with Crippen LogP contribution in [0.3, 0.4) is 0 Å². The van der Waals surface area contributed by atoms with Crippen molar-refractivity contribution in [3.05, 3.63) is 0 Å². The van der Waals surface area contributed by atoms with Crippen LogP contribution in [0.5, 0.6) is 0 Å². The van der Waals surface area contributed by atoms with Crippen LogP contribution in [0.4, 0.5) is 0 Å². The molecule has 0 radical (unpaired) electrons. The number of piperazine rings is 1. The van der Waals surface area contributed by atoms with E-state index in [9.17, 15) is 13.2 Å². The van der Waals surface area contributed by atoms with Gasteiger partial charge in [0.05, 0.1) is 12.2 Å². The van der Waals surface area contributed by atoms with Crippen molar-refractivity contribution in [2.45, 2.75) is 12.8 Å². The van der Waals surface area contributed by atoms with Crippen LogP contribution < -0.4 is 5.32 Å². The number of carbonyl (C=O) groups is 1. The van der Waals surface area contributed by atoms with Gasteiger partial charge >= 0.3 is 0 Å². The minimum atomic E-state index is -3.12. The largest absolute Gasteiger partial charge is 0.340 e. The molecule has 0 aromatic carbocycles. The maximum absolute atomic E-state index is 12.2. The minimum absolute atomic E-state index is 0.0727. The number of nitrogens with zero attached hydrogens (tertiary/aromatic N) is 2. The summed E-state index contributed by atoms with van der Waals surface area (Å²) in [5.41, 5.74) is 0. The fourth-order valence-corrected chi connectivity index (χ4v) is 3.39. The summed E-state index contributed by atoms with van der Waals surface area (Å²) in [6, 6.07) is 0. The third-order valence-electron chi connectivity index (χ3n) is 3.67. The molecule has 1 N–H and O–H groups in total. The molecule has 7 heteroatoms. The second kappa shape index (κ2) is 5.54. The van der Waals surface area contributed by atoms with Crippen molar-refractivity contribution in [3.8, 4) is 0 Å². The van der Waals surface area contributed by atoms with Crippen LogP contribution in [0, 0.1) is 5.92 Å². The van der Waals surface area contributed by atoms with Crippen LogP contribution in [0.2, 0.25) is 0 Å². The molecule has 2 saturated heterocycles. The first kappa shape index (κ1) is 13.8. The fourth-order valence-electron chi connectivity index (χ4n) is 2.56. The van der Waals surface area contributed by atoms with E-state index in [4.69, 9.17) is 0 Å². The summed E-state index contributed by atoms with van der Waals surface area (Å²) in [7, 11) is -3.12. The Labute approximate surface area is 108 Å². The van der Waals surface area contributed by atoms with Crippen LogP contribution in [0.25, 0.3) is 0 Å². The molecule has 104 valence electrons. The summed E-state index contributed by atoms with van der Waals surface area (Å²) >= 11 is 0. The van der Waals surface area contributed by atoms with E-state index in [1.807, 2.05) is 0 Å². The Hall–Kier alpha value is -0.660. The molecule has 2 fully saturated rings. The molecule has 1 unspecified atom stereocenters. The standard InChI is InChI=1S/C11H21N3O3S/c1-18(16,17)14-7-5-13(6-8-14)11(15)10-3-2-4-12-9-10/h10,12H,2-9H2,1H3. The van der Waals surface area contributed by atoms with Gasteiger partial charge in [-0.2, -0.15) is 4.31 Å². The molecule has 2 heterocycles. The Morgan fingerprint density at radius 2 is 1.89 bits per heavy atom. The van der Waals surface area contributed by atoms with Gasteiger partial charge in [0.15, 0.2) is 0 Å². The van der Waals surface area contributed by atoms with E-state index in [0.717, 1.165) is 25.9 Å². The Balaban J connectivity index is 1.87. The average Bonchev–Trinajstić information content (AvgIpc) is 2.38. The third-order valence-corrected chi connectivity index (χ3v) is 4.97. The van der Waals surface area contributed by atoms with E-state index in [1.54, 1.807) is 4.90 Å². The Bertz CT molecular complexity index is 396. The lowest BCUT2D eigenvalue weighted by atomic mass is 9.98. The van der Waals surface area contributed by atoms with Gasteiger partial charge in [-0.3, -0.25) is 4.79 Å². The van der Waals surface area contributed by atoms with E-state index in [-0.39, 0.29) is 11.8 Å². The summed E-state index contributed by atoms with van der Waals surface area (Å²) < 4.78 is 24.2. The van der Waals surface area contributed by atoms with Gasteiger partial charge in [-0.05, 0) is 19.4 Å². The van der Waals surface area contributed by atoms with Gasteiger partial charge in [-0.25, -0.2) is 8.42 Å². The van der Waals surface area contributed by atoms with Crippen LogP contribution in [-0.2, 0) is 14.8 Å². The molecule has 1 amide bonds. The number of rotatable bonds is 2. The van der Waals surface area contributed by atoms with E-state index in [2.05, 4.69) is 5.32 Å². The zero-order valence-electron chi connectivity index (χ0n) is 10.8. The molecular formula is C11H21N3O3S. The zero-order valence-corrected chi connectivity index (χ0v) is 11.6. The second-order valence-corrected chi connectivity index (χ2v) is 7.01. The monoisotopic (exact) mass is 275 g/mol. The number of carbonyl (C=O) groups excluding carboxylic acids is 1. The van der Waals surface area contributed by atoms with E-state index in [1.165, 1.54) is 10.6 Å². The molecule has 0 spiro atoms. The van der Waals surface area contributed by atoms with Gasteiger partial charge in [0.2, 0.25) is 15.9 Å². The van der Waals surface area contributed by atoms with E-state index in [0.29, 0.717) is 26.2 Å². The number of nitrogens with one attached hydrogen (secondary N) is 1. The van der Waals surface area contributed by atoms with Crippen molar-refractivity contribution in [2.24, 2.45) is 5.92 Å². The Morgan fingerprint density at radius 3 is 2.39 bits per heavy atom. The molecule has 0 saturated carbocycles. The summed E-state index contributed by atoms with van der Waals surface area (Å²) in [4.78, 5) is 14.0. The average molecular weight is 275 g/mol. The van der Waals surface area contributed by atoms with Gasteiger partial charge in [0.25, 0.3) is 0 Å². The molecule has 0 bridgehead atoms. The fraction of sp³-hybridized carbons (Fsp3) is 0.909. The predicted octanol–water partition coefficient (Wildman–Crippen LogP) is -0.910. The normalized spacial score (nSPS) is 27.2. The SMILES string of the molecule is CS(=O)(=O)N1CCN(C(=O)C2CCCNC2)CC1. The smallest absolute Gasteiger partial charge is 0.227 e. The second-order valence-electron chi connectivity index (χ2n) is 5.03. The third kappa shape index (κ3) is 3.21. The van der Waals surface area contributed by atoms with Crippen molar-refractivity contribution in [1.82, 2.24) is 14.5 Å².